The summed E-state index contributed by atoms with van der Waals surface area (Å²) in [5.74, 6) is 0.224. The van der Waals surface area contributed by atoms with Crippen LogP contribution in [0.1, 0.15) is 24.7 Å². The quantitative estimate of drug-likeness (QED) is 0.858. The van der Waals surface area contributed by atoms with Gasteiger partial charge in [0.1, 0.15) is 11.6 Å². The van der Waals surface area contributed by atoms with Gasteiger partial charge in [0, 0.05) is 31.4 Å². The first kappa shape index (κ1) is 21.4. The fraction of sp³-hybridized carbons (Fsp3) is 0.333. The zero-order valence-electron chi connectivity index (χ0n) is 13.0. The topological polar surface area (TPSA) is 72.9 Å². The number of benzene rings is 1. The molecule has 23 heavy (non-hydrogen) atoms. The summed E-state index contributed by atoms with van der Waals surface area (Å²) in [6, 6.07) is 4.69. The molecule has 1 aromatic carbocycles. The van der Waals surface area contributed by atoms with E-state index in [9.17, 15) is 9.18 Å². The number of aromatic nitrogens is 2. The third-order valence-corrected chi connectivity index (χ3v) is 3.09. The van der Waals surface area contributed by atoms with Crippen molar-refractivity contribution < 1.29 is 9.18 Å². The van der Waals surface area contributed by atoms with Crippen molar-refractivity contribution in [2.45, 2.75) is 32.9 Å². The maximum absolute atomic E-state index is 14.1. The van der Waals surface area contributed by atoms with E-state index in [0.29, 0.717) is 17.1 Å². The van der Waals surface area contributed by atoms with E-state index in [1.54, 1.807) is 36.0 Å². The van der Waals surface area contributed by atoms with Gasteiger partial charge < -0.3 is 15.6 Å². The number of halogens is 3. The van der Waals surface area contributed by atoms with Crippen molar-refractivity contribution in [3.63, 3.8) is 0 Å². The normalized spacial score (nSPS) is 11.1. The minimum Gasteiger partial charge on any atom is -0.352 e. The summed E-state index contributed by atoms with van der Waals surface area (Å²) in [6.07, 6.45) is 3.59. The smallest absolute Gasteiger partial charge is 0.221 e. The molecular weight excluding hydrogens is 342 g/mol. The van der Waals surface area contributed by atoms with Crippen LogP contribution in [0.15, 0.2) is 30.6 Å². The lowest BCUT2D eigenvalue weighted by molar-refractivity contribution is -0.121. The second-order valence-corrected chi connectivity index (χ2v) is 5.09. The van der Waals surface area contributed by atoms with E-state index in [4.69, 9.17) is 5.73 Å². The highest BCUT2D eigenvalue weighted by Gasteiger charge is 2.09. The molecule has 0 aliphatic carbocycles. The van der Waals surface area contributed by atoms with E-state index in [1.807, 2.05) is 6.92 Å². The number of carbonyl (C=O) groups is 1. The summed E-state index contributed by atoms with van der Waals surface area (Å²) in [7, 11) is 0. The molecule has 0 bridgehead atoms. The first-order chi connectivity index (χ1) is 9.97. The zero-order valence-corrected chi connectivity index (χ0v) is 14.6. The molecule has 1 heterocycles. The van der Waals surface area contributed by atoms with E-state index in [2.05, 4.69) is 10.3 Å². The fourth-order valence-corrected chi connectivity index (χ4v) is 2.05. The molecule has 1 amide bonds. The van der Waals surface area contributed by atoms with Gasteiger partial charge in [-0.05, 0) is 31.5 Å². The summed E-state index contributed by atoms with van der Waals surface area (Å²) in [4.78, 5) is 15.6. The van der Waals surface area contributed by atoms with Crippen molar-refractivity contribution in [1.29, 1.82) is 0 Å². The van der Waals surface area contributed by atoms with Crippen molar-refractivity contribution in [3.8, 4) is 5.69 Å². The predicted octanol–water partition coefficient (Wildman–Crippen LogP) is 2.52. The van der Waals surface area contributed by atoms with E-state index < -0.39 is 0 Å². The summed E-state index contributed by atoms with van der Waals surface area (Å²) in [6.45, 7) is 3.86. The van der Waals surface area contributed by atoms with Crippen LogP contribution >= 0.6 is 24.8 Å². The summed E-state index contributed by atoms with van der Waals surface area (Å²) < 4.78 is 15.8. The molecule has 1 unspecified atom stereocenters. The summed E-state index contributed by atoms with van der Waals surface area (Å²) >= 11 is 0. The Morgan fingerprint density at radius 2 is 2.13 bits per heavy atom. The molecule has 0 fully saturated rings. The molecule has 5 nitrogen and oxygen atoms in total. The summed E-state index contributed by atoms with van der Waals surface area (Å²) in [5, 5.41) is 2.72. The number of imidazole rings is 1. The molecular formula is C15H21Cl2FN4O. The third-order valence-electron chi connectivity index (χ3n) is 3.09. The van der Waals surface area contributed by atoms with Gasteiger partial charge in [-0.1, -0.05) is 6.07 Å². The number of rotatable bonds is 5. The highest BCUT2D eigenvalue weighted by molar-refractivity contribution is 5.85. The molecule has 2 aromatic rings. The molecule has 2 rings (SSSR count). The zero-order chi connectivity index (χ0) is 15.4. The van der Waals surface area contributed by atoms with Gasteiger partial charge in [-0.2, -0.15) is 0 Å². The van der Waals surface area contributed by atoms with E-state index >= 15 is 0 Å². The van der Waals surface area contributed by atoms with Crippen LogP contribution in [0.2, 0.25) is 0 Å². The summed E-state index contributed by atoms with van der Waals surface area (Å²) in [5.41, 5.74) is 6.69. The number of nitrogens with one attached hydrogen (secondary N) is 1. The minimum absolute atomic E-state index is 0. The lowest BCUT2D eigenvalue weighted by Crippen LogP contribution is -2.29. The van der Waals surface area contributed by atoms with E-state index in [0.717, 1.165) is 0 Å². The minimum atomic E-state index is -0.352. The lowest BCUT2D eigenvalue weighted by Gasteiger charge is -2.10. The Morgan fingerprint density at radius 1 is 1.43 bits per heavy atom. The molecule has 0 radical (unpaired) electrons. The average Bonchev–Trinajstić information content (AvgIpc) is 2.82. The molecule has 0 spiro atoms. The van der Waals surface area contributed by atoms with Gasteiger partial charge in [0.15, 0.2) is 0 Å². The molecule has 0 aliphatic heterocycles. The van der Waals surface area contributed by atoms with Crippen LogP contribution in [0.3, 0.4) is 0 Å². The molecule has 1 atom stereocenters. The van der Waals surface area contributed by atoms with Crippen LogP contribution in [0.25, 0.3) is 5.69 Å². The first-order valence-corrected chi connectivity index (χ1v) is 6.78. The Morgan fingerprint density at radius 3 is 2.65 bits per heavy atom. The van der Waals surface area contributed by atoms with Gasteiger partial charge in [-0.3, -0.25) is 4.79 Å². The molecule has 8 heteroatoms. The van der Waals surface area contributed by atoms with E-state index in [1.165, 1.54) is 6.07 Å². The largest absolute Gasteiger partial charge is 0.352 e. The van der Waals surface area contributed by atoms with Crippen LogP contribution in [0, 0.1) is 12.7 Å². The molecule has 1 aromatic heterocycles. The van der Waals surface area contributed by atoms with Crippen molar-refractivity contribution in [2.75, 3.05) is 0 Å². The SMILES string of the molecule is Cc1nccn1-c1ccc(CNC(=O)CC(C)N)cc1F.Cl.Cl. The number of aryl methyl sites for hydroxylation is 1. The van der Waals surface area contributed by atoms with E-state index in [-0.39, 0.29) is 55.5 Å². The molecule has 128 valence electrons. The van der Waals surface area contributed by atoms with Crippen molar-refractivity contribution >= 4 is 30.7 Å². The molecule has 0 saturated heterocycles. The van der Waals surface area contributed by atoms with Gasteiger partial charge in [-0.25, -0.2) is 9.37 Å². The highest BCUT2D eigenvalue weighted by Crippen LogP contribution is 2.16. The van der Waals surface area contributed by atoms with Crippen LogP contribution < -0.4 is 11.1 Å². The number of hydrogen-bond acceptors (Lipinski definition) is 3. The number of carbonyl (C=O) groups excluding carboxylic acids is 1. The second-order valence-electron chi connectivity index (χ2n) is 5.09. The maximum atomic E-state index is 14.1. The van der Waals surface area contributed by atoms with Gasteiger partial charge in [0.2, 0.25) is 5.91 Å². The average molecular weight is 363 g/mol. The predicted molar refractivity (Wildman–Crippen MR) is 92.9 cm³/mol. The van der Waals surface area contributed by atoms with Gasteiger partial charge >= 0.3 is 0 Å². The van der Waals surface area contributed by atoms with Crippen LogP contribution in [-0.4, -0.2) is 21.5 Å². The van der Waals surface area contributed by atoms with Crippen molar-refractivity contribution in [1.82, 2.24) is 14.9 Å². The lowest BCUT2D eigenvalue weighted by atomic mass is 10.2. The molecule has 0 saturated carbocycles. The van der Waals surface area contributed by atoms with Crippen LogP contribution in [-0.2, 0) is 11.3 Å². The Balaban J connectivity index is 0.00000242. The van der Waals surface area contributed by atoms with Crippen LogP contribution in [0.5, 0.6) is 0 Å². The first-order valence-electron chi connectivity index (χ1n) is 6.78. The maximum Gasteiger partial charge on any atom is 0.221 e. The van der Waals surface area contributed by atoms with Crippen LogP contribution in [0.4, 0.5) is 4.39 Å². The second kappa shape index (κ2) is 9.50. The Kier molecular flexibility index (Phi) is 8.82. The molecule has 3 N–H and O–H groups in total. The number of amides is 1. The van der Waals surface area contributed by atoms with Gasteiger partial charge in [-0.15, -0.1) is 24.8 Å². The van der Waals surface area contributed by atoms with Crippen molar-refractivity contribution in [3.05, 3.63) is 47.8 Å². The van der Waals surface area contributed by atoms with Gasteiger partial charge in [0.25, 0.3) is 0 Å². The Hall–Kier alpha value is -1.63. The number of nitrogens with two attached hydrogens (primary N) is 1. The third kappa shape index (κ3) is 5.82. The fourth-order valence-electron chi connectivity index (χ4n) is 2.05. The monoisotopic (exact) mass is 362 g/mol. The highest BCUT2D eigenvalue weighted by atomic mass is 35.5. The molecule has 0 aliphatic rings. The van der Waals surface area contributed by atoms with Crippen molar-refractivity contribution in [2.24, 2.45) is 5.73 Å². The standard InChI is InChI=1S/C15H19FN4O.2ClH/c1-10(17)7-15(21)19-9-12-3-4-14(13(16)8-12)20-6-5-18-11(20)2;;/h3-6,8,10H,7,9,17H2,1-2H3,(H,19,21);2*1H. The number of nitrogens with zero attached hydrogens (tertiary/aromatic N) is 2. The van der Waals surface area contributed by atoms with Gasteiger partial charge in [0.05, 0.1) is 5.69 Å². The Bertz CT molecular complexity index is 646. The Labute approximate surface area is 147 Å². The number of hydrogen-bond donors (Lipinski definition) is 2.